The van der Waals surface area contributed by atoms with E-state index in [1.165, 1.54) is 6.07 Å². The van der Waals surface area contributed by atoms with Crippen LogP contribution in [0.15, 0.2) is 18.2 Å². The molecular formula is C8H7ClN4. The molecule has 0 unspecified atom stereocenters. The SMILES string of the molecule is Cl.N#Cc1ccc(NN)cc1C#N. The van der Waals surface area contributed by atoms with Crippen molar-refractivity contribution >= 4 is 18.1 Å². The van der Waals surface area contributed by atoms with Gasteiger partial charge in [0.05, 0.1) is 11.1 Å². The Balaban J connectivity index is 0.00000144. The van der Waals surface area contributed by atoms with Crippen LogP contribution in [0.25, 0.3) is 0 Å². The molecule has 0 aliphatic rings. The average Bonchev–Trinajstić information content (AvgIpc) is 2.16. The molecule has 0 aromatic heterocycles. The average molecular weight is 195 g/mol. The molecule has 0 spiro atoms. The van der Waals surface area contributed by atoms with Crippen LogP contribution in [0.1, 0.15) is 11.1 Å². The fraction of sp³-hybridized carbons (Fsp3) is 0. The summed E-state index contributed by atoms with van der Waals surface area (Å²) >= 11 is 0. The lowest BCUT2D eigenvalue weighted by molar-refractivity contribution is 1.34. The van der Waals surface area contributed by atoms with E-state index in [0.29, 0.717) is 16.8 Å². The molecule has 1 aromatic rings. The molecule has 1 aromatic carbocycles. The minimum atomic E-state index is 0. The number of nitrogens with two attached hydrogens (primary N) is 1. The Morgan fingerprint density at radius 2 is 1.77 bits per heavy atom. The number of nitrogen functional groups attached to an aromatic ring is 1. The zero-order chi connectivity index (χ0) is 8.97. The van der Waals surface area contributed by atoms with Gasteiger partial charge in [0.1, 0.15) is 12.1 Å². The molecule has 0 amide bonds. The second-order valence-corrected chi connectivity index (χ2v) is 2.13. The van der Waals surface area contributed by atoms with Crippen LogP contribution < -0.4 is 11.3 Å². The molecule has 0 radical (unpaired) electrons. The highest BCUT2D eigenvalue weighted by Crippen LogP contribution is 2.12. The smallest absolute Gasteiger partial charge is 0.101 e. The minimum Gasteiger partial charge on any atom is -0.324 e. The number of hydrazine groups is 1. The Morgan fingerprint density at radius 3 is 2.23 bits per heavy atom. The largest absolute Gasteiger partial charge is 0.324 e. The third-order valence-corrected chi connectivity index (χ3v) is 1.43. The number of nitrogens with zero attached hydrogens (tertiary/aromatic N) is 2. The van der Waals surface area contributed by atoms with Crippen molar-refractivity contribution in [2.24, 2.45) is 5.84 Å². The fourth-order valence-corrected chi connectivity index (χ4v) is 0.824. The summed E-state index contributed by atoms with van der Waals surface area (Å²) in [6.45, 7) is 0. The van der Waals surface area contributed by atoms with Gasteiger partial charge in [0.15, 0.2) is 0 Å². The van der Waals surface area contributed by atoms with Gasteiger partial charge in [-0.3, -0.25) is 5.84 Å². The highest BCUT2D eigenvalue weighted by Gasteiger charge is 2.00. The number of anilines is 1. The number of halogens is 1. The van der Waals surface area contributed by atoms with Crippen LogP contribution in [0.4, 0.5) is 5.69 Å². The van der Waals surface area contributed by atoms with Crippen molar-refractivity contribution in [1.82, 2.24) is 0 Å². The zero-order valence-corrected chi connectivity index (χ0v) is 7.43. The second kappa shape index (κ2) is 5.00. The molecule has 0 aliphatic heterocycles. The zero-order valence-electron chi connectivity index (χ0n) is 6.61. The van der Waals surface area contributed by atoms with E-state index in [1.807, 2.05) is 12.1 Å². The van der Waals surface area contributed by atoms with Crippen molar-refractivity contribution < 1.29 is 0 Å². The maximum atomic E-state index is 8.60. The predicted octanol–water partition coefficient (Wildman–Crippen LogP) is 1.14. The summed E-state index contributed by atoms with van der Waals surface area (Å²) in [4.78, 5) is 0. The maximum absolute atomic E-state index is 8.60. The third-order valence-electron chi connectivity index (χ3n) is 1.43. The summed E-state index contributed by atoms with van der Waals surface area (Å²) in [5.41, 5.74) is 3.69. The fourth-order valence-electron chi connectivity index (χ4n) is 0.824. The summed E-state index contributed by atoms with van der Waals surface area (Å²) in [5, 5.41) is 17.2. The van der Waals surface area contributed by atoms with E-state index in [9.17, 15) is 0 Å². The van der Waals surface area contributed by atoms with E-state index in [1.54, 1.807) is 12.1 Å². The Labute approximate surface area is 82.0 Å². The molecule has 66 valence electrons. The van der Waals surface area contributed by atoms with Gasteiger partial charge in [-0.2, -0.15) is 10.5 Å². The van der Waals surface area contributed by atoms with Crippen LogP contribution in [0.2, 0.25) is 0 Å². The lowest BCUT2D eigenvalue weighted by Gasteiger charge is -1.99. The van der Waals surface area contributed by atoms with Crippen molar-refractivity contribution in [2.75, 3.05) is 5.43 Å². The molecule has 5 heteroatoms. The first-order valence-corrected chi connectivity index (χ1v) is 3.22. The van der Waals surface area contributed by atoms with Crippen LogP contribution >= 0.6 is 12.4 Å². The quantitative estimate of drug-likeness (QED) is 0.519. The number of hydrogen-bond donors (Lipinski definition) is 2. The first-order chi connectivity index (χ1) is 5.81. The molecule has 1 rings (SSSR count). The molecule has 0 saturated heterocycles. The maximum Gasteiger partial charge on any atom is 0.101 e. The number of nitriles is 2. The van der Waals surface area contributed by atoms with E-state index in [-0.39, 0.29) is 12.4 Å². The van der Waals surface area contributed by atoms with Gasteiger partial charge >= 0.3 is 0 Å². The van der Waals surface area contributed by atoms with Gasteiger partial charge < -0.3 is 5.43 Å². The Bertz CT molecular complexity index is 375. The number of hydrogen-bond acceptors (Lipinski definition) is 4. The van der Waals surface area contributed by atoms with Crippen molar-refractivity contribution in [1.29, 1.82) is 10.5 Å². The lowest BCUT2D eigenvalue weighted by Crippen LogP contribution is -2.06. The monoisotopic (exact) mass is 194 g/mol. The van der Waals surface area contributed by atoms with Gasteiger partial charge in [-0.15, -0.1) is 12.4 Å². The molecule has 0 bridgehead atoms. The minimum absolute atomic E-state index is 0. The Kier molecular flexibility index (Phi) is 4.32. The first-order valence-electron chi connectivity index (χ1n) is 3.22. The normalized spacial score (nSPS) is 7.62. The molecular weight excluding hydrogens is 188 g/mol. The van der Waals surface area contributed by atoms with Crippen LogP contribution in [0, 0.1) is 22.7 Å². The second-order valence-electron chi connectivity index (χ2n) is 2.13. The van der Waals surface area contributed by atoms with Gasteiger partial charge in [-0.05, 0) is 18.2 Å². The summed E-state index contributed by atoms with van der Waals surface area (Å²) in [6.07, 6.45) is 0. The molecule has 0 heterocycles. The van der Waals surface area contributed by atoms with E-state index >= 15 is 0 Å². The van der Waals surface area contributed by atoms with Crippen LogP contribution in [0.3, 0.4) is 0 Å². The summed E-state index contributed by atoms with van der Waals surface area (Å²) in [6, 6.07) is 8.52. The van der Waals surface area contributed by atoms with Crippen LogP contribution in [0.5, 0.6) is 0 Å². The van der Waals surface area contributed by atoms with Gasteiger partial charge in [-0.1, -0.05) is 0 Å². The van der Waals surface area contributed by atoms with Crippen molar-refractivity contribution in [3.63, 3.8) is 0 Å². The van der Waals surface area contributed by atoms with Crippen molar-refractivity contribution in [3.8, 4) is 12.1 Å². The third kappa shape index (κ3) is 2.34. The summed E-state index contributed by atoms with van der Waals surface area (Å²) in [7, 11) is 0. The molecule has 0 fully saturated rings. The van der Waals surface area contributed by atoms with Gasteiger partial charge in [0.25, 0.3) is 0 Å². The van der Waals surface area contributed by atoms with Crippen molar-refractivity contribution in [3.05, 3.63) is 29.3 Å². The summed E-state index contributed by atoms with van der Waals surface area (Å²) < 4.78 is 0. The van der Waals surface area contributed by atoms with Gasteiger partial charge in [-0.25, -0.2) is 0 Å². The molecule has 0 aliphatic carbocycles. The molecule has 13 heavy (non-hydrogen) atoms. The van der Waals surface area contributed by atoms with Gasteiger partial charge in [0, 0.05) is 5.69 Å². The number of nitrogens with one attached hydrogen (secondary N) is 1. The van der Waals surface area contributed by atoms with Crippen LogP contribution in [-0.2, 0) is 0 Å². The summed E-state index contributed by atoms with van der Waals surface area (Å²) in [5.74, 6) is 5.12. The number of rotatable bonds is 1. The Morgan fingerprint density at radius 1 is 1.15 bits per heavy atom. The van der Waals surface area contributed by atoms with E-state index < -0.39 is 0 Å². The van der Waals surface area contributed by atoms with Crippen molar-refractivity contribution in [2.45, 2.75) is 0 Å². The molecule has 0 atom stereocenters. The van der Waals surface area contributed by atoms with E-state index in [2.05, 4.69) is 5.43 Å². The van der Waals surface area contributed by atoms with Gasteiger partial charge in [0.2, 0.25) is 0 Å². The standard InChI is InChI=1S/C8H6N4.ClH/c9-4-6-1-2-8(12-11)3-7(6)5-10;/h1-3,12H,11H2;1H. The van der Waals surface area contributed by atoms with Crippen LogP contribution in [-0.4, -0.2) is 0 Å². The van der Waals surface area contributed by atoms with E-state index in [4.69, 9.17) is 16.4 Å². The highest BCUT2D eigenvalue weighted by atomic mass is 35.5. The van der Waals surface area contributed by atoms with E-state index in [0.717, 1.165) is 0 Å². The number of benzene rings is 1. The lowest BCUT2D eigenvalue weighted by atomic mass is 10.1. The topological polar surface area (TPSA) is 85.6 Å². The molecule has 4 nitrogen and oxygen atoms in total. The predicted molar refractivity (Wildman–Crippen MR) is 50.9 cm³/mol. The molecule has 0 saturated carbocycles. The molecule has 3 N–H and O–H groups in total. The Hall–Kier alpha value is -1.75. The first kappa shape index (κ1) is 11.2. The highest BCUT2D eigenvalue weighted by molar-refractivity contribution is 5.85.